The predicted octanol–water partition coefficient (Wildman–Crippen LogP) is 2.80. The molecule has 0 heterocycles. The molecule has 0 bridgehead atoms. The van der Waals surface area contributed by atoms with Crippen LogP contribution in [0.1, 0.15) is 31.4 Å². The Morgan fingerprint density at radius 2 is 1.69 bits per heavy atom. The Balaban J connectivity index is 1.72. The molecule has 0 fully saturated rings. The van der Waals surface area contributed by atoms with E-state index in [-0.39, 0.29) is 18.7 Å². The zero-order chi connectivity index (χ0) is 21.1. The molecule has 0 aliphatic rings. The second kappa shape index (κ2) is 12.2. The fourth-order valence-electron chi connectivity index (χ4n) is 2.59. The summed E-state index contributed by atoms with van der Waals surface area (Å²) in [4.78, 5) is 4.43. The van der Waals surface area contributed by atoms with Gasteiger partial charge in [-0.2, -0.15) is 0 Å². The van der Waals surface area contributed by atoms with E-state index in [0.29, 0.717) is 19.6 Å². The molecule has 2 aromatic carbocycles. The Morgan fingerprint density at radius 1 is 1.03 bits per heavy atom. The van der Waals surface area contributed by atoms with Crippen LogP contribution in [0.15, 0.2) is 53.5 Å². The smallest absolute Gasteiger partial charge is 0.119 e. The van der Waals surface area contributed by atoms with E-state index < -0.39 is 6.10 Å². The van der Waals surface area contributed by atoms with Gasteiger partial charge in [0.2, 0.25) is 0 Å². The van der Waals surface area contributed by atoms with Crippen LogP contribution in [0.3, 0.4) is 0 Å². The summed E-state index contributed by atoms with van der Waals surface area (Å²) in [5.41, 5.74) is 2.09. The number of aliphatic hydroxyl groups is 2. The molecule has 2 aromatic rings. The highest BCUT2D eigenvalue weighted by Gasteiger charge is 2.12. The molecule has 3 atom stereocenters. The highest BCUT2D eigenvalue weighted by atomic mass is 16.5. The second-order valence-electron chi connectivity index (χ2n) is 7.10. The standard InChI is InChI=1S/C23H32N2O4/c1-17(16-26)24-14-19-6-10-22(11-7-19)29-13-12-23(27)18(2)25-15-20-4-8-21(28-3)9-5-20/h4-11,15,17-18,23-24,26-27H,12-14,16H2,1-3H3. The zero-order valence-corrected chi connectivity index (χ0v) is 17.4. The summed E-state index contributed by atoms with van der Waals surface area (Å²) in [7, 11) is 1.63. The van der Waals surface area contributed by atoms with Crippen LogP contribution in [0, 0.1) is 0 Å². The molecule has 0 saturated carbocycles. The Kier molecular flexibility index (Phi) is 9.64. The van der Waals surface area contributed by atoms with Gasteiger partial charge in [0.1, 0.15) is 11.5 Å². The van der Waals surface area contributed by atoms with E-state index >= 15 is 0 Å². The first kappa shape index (κ1) is 22.9. The third-order valence-electron chi connectivity index (χ3n) is 4.67. The van der Waals surface area contributed by atoms with Crippen LogP contribution >= 0.6 is 0 Å². The highest BCUT2D eigenvalue weighted by molar-refractivity contribution is 5.79. The molecule has 3 N–H and O–H groups in total. The van der Waals surface area contributed by atoms with Gasteiger partial charge in [-0.3, -0.25) is 4.99 Å². The molecule has 0 aliphatic heterocycles. The van der Waals surface area contributed by atoms with E-state index in [1.54, 1.807) is 13.3 Å². The summed E-state index contributed by atoms with van der Waals surface area (Å²) >= 11 is 0. The average Bonchev–Trinajstić information content (AvgIpc) is 2.76. The van der Waals surface area contributed by atoms with Crippen molar-refractivity contribution < 1.29 is 19.7 Å². The van der Waals surface area contributed by atoms with E-state index in [1.165, 1.54) is 0 Å². The van der Waals surface area contributed by atoms with Gasteiger partial charge in [-0.1, -0.05) is 12.1 Å². The van der Waals surface area contributed by atoms with Gasteiger partial charge in [0, 0.05) is 25.2 Å². The molecule has 3 unspecified atom stereocenters. The molecular weight excluding hydrogens is 368 g/mol. The van der Waals surface area contributed by atoms with Crippen LogP contribution < -0.4 is 14.8 Å². The zero-order valence-electron chi connectivity index (χ0n) is 17.4. The monoisotopic (exact) mass is 400 g/mol. The number of hydrogen-bond acceptors (Lipinski definition) is 6. The van der Waals surface area contributed by atoms with Crippen LogP contribution in [-0.4, -0.2) is 54.9 Å². The summed E-state index contributed by atoms with van der Waals surface area (Å²) in [5, 5.41) is 22.6. The van der Waals surface area contributed by atoms with Gasteiger partial charge in [0.15, 0.2) is 0 Å². The molecule has 6 heteroatoms. The molecule has 0 aliphatic carbocycles. The van der Waals surface area contributed by atoms with Gasteiger partial charge in [-0.15, -0.1) is 0 Å². The topological polar surface area (TPSA) is 83.3 Å². The number of nitrogens with zero attached hydrogens (tertiary/aromatic N) is 1. The van der Waals surface area contributed by atoms with E-state index in [1.807, 2.05) is 62.4 Å². The minimum atomic E-state index is -0.576. The number of aliphatic hydroxyl groups excluding tert-OH is 2. The molecule has 0 saturated heterocycles. The van der Waals surface area contributed by atoms with E-state index in [0.717, 1.165) is 22.6 Å². The SMILES string of the molecule is COc1ccc(C=NC(C)C(O)CCOc2ccc(CNC(C)CO)cc2)cc1. The summed E-state index contributed by atoms with van der Waals surface area (Å²) in [5.74, 6) is 1.57. The highest BCUT2D eigenvalue weighted by Crippen LogP contribution is 2.14. The van der Waals surface area contributed by atoms with Crippen LogP contribution in [0.2, 0.25) is 0 Å². The molecule has 0 amide bonds. The second-order valence-corrected chi connectivity index (χ2v) is 7.10. The maximum absolute atomic E-state index is 10.3. The Bertz CT molecular complexity index is 732. The van der Waals surface area contributed by atoms with Gasteiger partial charge in [-0.25, -0.2) is 0 Å². The molecule has 0 spiro atoms. The summed E-state index contributed by atoms with van der Waals surface area (Å²) < 4.78 is 10.9. The van der Waals surface area contributed by atoms with Crippen molar-refractivity contribution in [3.05, 3.63) is 59.7 Å². The first-order chi connectivity index (χ1) is 14.0. The molecular formula is C23H32N2O4. The van der Waals surface area contributed by atoms with Gasteiger partial charge in [0.25, 0.3) is 0 Å². The number of rotatable bonds is 12. The van der Waals surface area contributed by atoms with E-state index in [4.69, 9.17) is 14.6 Å². The third-order valence-corrected chi connectivity index (χ3v) is 4.67. The van der Waals surface area contributed by atoms with Gasteiger partial charge in [0.05, 0.1) is 32.5 Å². The number of ether oxygens (including phenoxy) is 2. The minimum Gasteiger partial charge on any atom is -0.497 e. The minimum absolute atomic E-state index is 0.0711. The molecule has 158 valence electrons. The first-order valence-electron chi connectivity index (χ1n) is 9.93. The number of aliphatic imine (C=N–C) groups is 1. The van der Waals surface area contributed by atoms with Crippen molar-refractivity contribution in [3.8, 4) is 11.5 Å². The lowest BCUT2D eigenvalue weighted by Crippen LogP contribution is -2.28. The van der Waals surface area contributed by atoms with Gasteiger partial charge >= 0.3 is 0 Å². The van der Waals surface area contributed by atoms with Crippen molar-refractivity contribution >= 4 is 6.21 Å². The maximum atomic E-state index is 10.3. The number of hydrogen-bond donors (Lipinski definition) is 3. The number of benzene rings is 2. The van der Waals surface area contributed by atoms with Crippen LogP contribution in [0.25, 0.3) is 0 Å². The van der Waals surface area contributed by atoms with Crippen molar-refractivity contribution in [1.29, 1.82) is 0 Å². The molecule has 2 rings (SSSR count). The van der Waals surface area contributed by atoms with Crippen molar-refractivity contribution in [2.45, 2.75) is 45.0 Å². The van der Waals surface area contributed by atoms with Gasteiger partial charge < -0.3 is 25.0 Å². The van der Waals surface area contributed by atoms with E-state index in [9.17, 15) is 5.11 Å². The van der Waals surface area contributed by atoms with Gasteiger partial charge in [-0.05, 0) is 61.4 Å². The molecule has 0 aromatic heterocycles. The maximum Gasteiger partial charge on any atom is 0.119 e. The van der Waals surface area contributed by atoms with E-state index in [2.05, 4.69) is 10.3 Å². The Hall–Kier alpha value is -2.41. The Morgan fingerprint density at radius 3 is 2.31 bits per heavy atom. The lowest BCUT2D eigenvalue weighted by Gasteiger charge is -2.16. The lowest BCUT2D eigenvalue weighted by molar-refractivity contribution is 0.120. The Labute approximate surface area is 173 Å². The van der Waals surface area contributed by atoms with Crippen LogP contribution in [0.5, 0.6) is 11.5 Å². The number of methoxy groups -OCH3 is 1. The first-order valence-corrected chi connectivity index (χ1v) is 9.93. The molecule has 29 heavy (non-hydrogen) atoms. The largest absolute Gasteiger partial charge is 0.497 e. The fraction of sp³-hybridized carbons (Fsp3) is 0.435. The van der Waals surface area contributed by atoms with Crippen molar-refractivity contribution in [3.63, 3.8) is 0 Å². The van der Waals surface area contributed by atoms with Crippen LogP contribution in [-0.2, 0) is 6.54 Å². The molecule has 6 nitrogen and oxygen atoms in total. The van der Waals surface area contributed by atoms with Crippen molar-refractivity contribution in [2.75, 3.05) is 20.3 Å². The van der Waals surface area contributed by atoms with Crippen molar-refractivity contribution in [2.24, 2.45) is 4.99 Å². The number of nitrogens with one attached hydrogen (secondary N) is 1. The fourth-order valence-corrected chi connectivity index (χ4v) is 2.59. The normalized spacial score (nSPS) is 14.5. The van der Waals surface area contributed by atoms with Crippen LogP contribution in [0.4, 0.5) is 0 Å². The molecule has 0 radical (unpaired) electrons. The van der Waals surface area contributed by atoms with Crippen molar-refractivity contribution in [1.82, 2.24) is 5.32 Å². The predicted molar refractivity (Wildman–Crippen MR) is 116 cm³/mol. The summed E-state index contributed by atoms with van der Waals surface area (Å²) in [6, 6.07) is 15.3. The third kappa shape index (κ3) is 8.23. The summed E-state index contributed by atoms with van der Waals surface area (Å²) in [6.45, 7) is 5.06. The lowest BCUT2D eigenvalue weighted by atomic mass is 10.1. The summed E-state index contributed by atoms with van der Waals surface area (Å²) in [6.07, 6.45) is 1.68. The average molecular weight is 401 g/mol. The quantitative estimate of drug-likeness (QED) is 0.477.